The van der Waals surface area contributed by atoms with Gasteiger partial charge in [-0.25, -0.2) is 9.67 Å². The number of morpholine rings is 1. The van der Waals surface area contributed by atoms with Gasteiger partial charge < -0.3 is 14.7 Å². The second-order valence-corrected chi connectivity index (χ2v) is 4.83. The van der Waals surface area contributed by atoms with Crippen LogP contribution in [0.15, 0.2) is 24.4 Å². The standard InChI is InChI=1S/C14H18N4O2/c1-11-2-3-18(16-11)14-9-13(8-12(10-19)15-14)17-4-6-20-7-5-17/h2-3,8-9,19H,4-7,10H2,1H3. The highest BCUT2D eigenvalue weighted by Crippen LogP contribution is 2.20. The lowest BCUT2D eigenvalue weighted by Crippen LogP contribution is -2.36. The summed E-state index contributed by atoms with van der Waals surface area (Å²) in [5.41, 5.74) is 2.64. The molecule has 1 fully saturated rings. The van der Waals surface area contributed by atoms with Crippen molar-refractivity contribution < 1.29 is 9.84 Å². The molecule has 1 saturated heterocycles. The van der Waals surface area contributed by atoms with E-state index in [9.17, 15) is 5.11 Å². The third kappa shape index (κ3) is 2.66. The maximum Gasteiger partial charge on any atom is 0.155 e. The normalized spacial score (nSPS) is 15.6. The average Bonchev–Trinajstić information content (AvgIpc) is 2.94. The van der Waals surface area contributed by atoms with Crippen LogP contribution < -0.4 is 4.90 Å². The second-order valence-electron chi connectivity index (χ2n) is 4.83. The van der Waals surface area contributed by atoms with E-state index in [1.807, 2.05) is 31.3 Å². The van der Waals surface area contributed by atoms with Crippen molar-refractivity contribution in [1.29, 1.82) is 0 Å². The molecule has 0 radical (unpaired) electrons. The number of hydrogen-bond acceptors (Lipinski definition) is 5. The summed E-state index contributed by atoms with van der Waals surface area (Å²) in [6.45, 7) is 5.03. The molecule has 0 bridgehead atoms. The van der Waals surface area contributed by atoms with Crippen molar-refractivity contribution in [3.05, 3.63) is 35.8 Å². The molecule has 20 heavy (non-hydrogen) atoms. The molecule has 0 amide bonds. The Morgan fingerprint density at radius 2 is 2.10 bits per heavy atom. The smallest absolute Gasteiger partial charge is 0.155 e. The molecule has 6 heteroatoms. The van der Waals surface area contributed by atoms with Crippen molar-refractivity contribution >= 4 is 5.69 Å². The number of pyridine rings is 1. The van der Waals surface area contributed by atoms with Crippen LogP contribution in [0.1, 0.15) is 11.4 Å². The number of nitrogens with zero attached hydrogens (tertiary/aromatic N) is 4. The molecular formula is C14H18N4O2. The Hall–Kier alpha value is -1.92. The molecule has 2 aromatic heterocycles. The monoisotopic (exact) mass is 274 g/mol. The summed E-state index contributed by atoms with van der Waals surface area (Å²) in [5, 5.41) is 13.8. The van der Waals surface area contributed by atoms with Crippen LogP contribution in [0.2, 0.25) is 0 Å². The maximum atomic E-state index is 9.40. The highest BCUT2D eigenvalue weighted by Gasteiger charge is 2.14. The van der Waals surface area contributed by atoms with E-state index >= 15 is 0 Å². The van der Waals surface area contributed by atoms with Crippen molar-refractivity contribution in [2.45, 2.75) is 13.5 Å². The van der Waals surface area contributed by atoms with Crippen LogP contribution in [0.4, 0.5) is 5.69 Å². The van der Waals surface area contributed by atoms with E-state index in [2.05, 4.69) is 15.0 Å². The Labute approximate surface area is 117 Å². The zero-order valence-corrected chi connectivity index (χ0v) is 11.5. The van der Waals surface area contributed by atoms with E-state index in [1.165, 1.54) is 0 Å². The zero-order valence-electron chi connectivity index (χ0n) is 11.5. The Balaban J connectivity index is 1.97. The molecule has 0 aromatic carbocycles. The third-order valence-electron chi connectivity index (χ3n) is 3.35. The van der Waals surface area contributed by atoms with Crippen molar-refractivity contribution in [2.75, 3.05) is 31.2 Å². The fourth-order valence-corrected chi connectivity index (χ4v) is 2.30. The minimum Gasteiger partial charge on any atom is -0.390 e. The topological polar surface area (TPSA) is 63.4 Å². The summed E-state index contributed by atoms with van der Waals surface area (Å²) in [7, 11) is 0. The molecule has 3 heterocycles. The van der Waals surface area contributed by atoms with Gasteiger partial charge in [-0.05, 0) is 19.1 Å². The van der Waals surface area contributed by atoms with Gasteiger partial charge in [-0.15, -0.1) is 0 Å². The van der Waals surface area contributed by atoms with Crippen molar-refractivity contribution in [3.8, 4) is 5.82 Å². The Kier molecular flexibility index (Phi) is 3.66. The van der Waals surface area contributed by atoms with Gasteiger partial charge in [0.2, 0.25) is 0 Å². The van der Waals surface area contributed by atoms with Crippen LogP contribution in [-0.2, 0) is 11.3 Å². The van der Waals surface area contributed by atoms with Gasteiger partial charge in [0.05, 0.1) is 31.2 Å². The SMILES string of the molecule is Cc1ccn(-c2cc(N3CCOCC3)cc(CO)n2)n1. The largest absolute Gasteiger partial charge is 0.390 e. The van der Waals surface area contributed by atoms with Gasteiger partial charge >= 0.3 is 0 Å². The molecule has 0 spiro atoms. The average molecular weight is 274 g/mol. The number of aliphatic hydroxyl groups excluding tert-OH is 1. The van der Waals surface area contributed by atoms with Gasteiger partial charge in [0.25, 0.3) is 0 Å². The molecule has 106 valence electrons. The third-order valence-corrected chi connectivity index (χ3v) is 3.35. The number of rotatable bonds is 3. The minimum atomic E-state index is -0.0779. The molecule has 0 aliphatic carbocycles. The molecule has 6 nitrogen and oxygen atoms in total. The molecule has 2 aromatic rings. The predicted molar refractivity (Wildman–Crippen MR) is 75.1 cm³/mol. The lowest BCUT2D eigenvalue weighted by molar-refractivity contribution is 0.122. The zero-order chi connectivity index (χ0) is 13.9. The van der Waals surface area contributed by atoms with E-state index in [0.717, 1.165) is 43.5 Å². The lowest BCUT2D eigenvalue weighted by Gasteiger charge is -2.29. The lowest BCUT2D eigenvalue weighted by atomic mass is 10.2. The first-order chi connectivity index (χ1) is 9.76. The number of ether oxygens (including phenoxy) is 1. The number of anilines is 1. The summed E-state index contributed by atoms with van der Waals surface area (Å²) in [5.74, 6) is 0.728. The number of aromatic nitrogens is 3. The van der Waals surface area contributed by atoms with Gasteiger partial charge in [-0.3, -0.25) is 0 Å². The summed E-state index contributed by atoms with van der Waals surface area (Å²) in [4.78, 5) is 6.66. The molecular weight excluding hydrogens is 256 g/mol. The van der Waals surface area contributed by atoms with Crippen molar-refractivity contribution in [1.82, 2.24) is 14.8 Å². The second kappa shape index (κ2) is 5.60. The van der Waals surface area contributed by atoms with Crippen LogP contribution in [0.25, 0.3) is 5.82 Å². The molecule has 0 saturated carbocycles. The van der Waals surface area contributed by atoms with Crippen LogP contribution in [0.5, 0.6) is 0 Å². The summed E-state index contributed by atoms with van der Waals surface area (Å²) in [6, 6.07) is 5.85. The minimum absolute atomic E-state index is 0.0779. The first kappa shape index (κ1) is 13.1. The molecule has 3 rings (SSSR count). The maximum absolute atomic E-state index is 9.40. The molecule has 1 aliphatic rings. The van der Waals surface area contributed by atoms with Crippen LogP contribution in [0.3, 0.4) is 0 Å². The molecule has 0 unspecified atom stereocenters. The van der Waals surface area contributed by atoms with E-state index in [0.29, 0.717) is 5.69 Å². The van der Waals surface area contributed by atoms with Gasteiger partial charge in [-0.2, -0.15) is 5.10 Å². The highest BCUT2D eigenvalue weighted by atomic mass is 16.5. The first-order valence-corrected chi connectivity index (χ1v) is 6.73. The summed E-state index contributed by atoms with van der Waals surface area (Å²) >= 11 is 0. The number of hydrogen-bond donors (Lipinski definition) is 1. The van der Waals surface area contributed by atoms with Gasteiger partial charge in [0.15, 0.2) is 5.82 Å². The van der Waals surface area contributed by atoms with Crippen molar-refractivity contribution in [3.63, 3.8) is 0 Å². The summed E-state index contributed by atoms with van der Waals surface area (Å²) in [6.07, 6.45) is 1.88. The molecule has 1 aliphatic heterocycles. The van der Waals surface area contributed by atoms with Gasteiger partial charge in [0.1, 0.15) is 0 Å². The Bertz CT molecular complexity index is 591. The highest BCUT2D eigenvalue weighted by molar-refractivity contribution is 5.52. The Morgan fingerprint density at radius 3 is 2.75 bits per heavy atom. The summed E-state index contributed by atoms with van der Waals surface area (Å²) < 4.78 is 7.11. The fourth-order valence-electron chi connectivity index (χ4n) is 2.30. The molecule has 0 atom stereocenters. The van der Waals surface area contributed by atoms with Crippen LogP contribution >= 0.6 is 0 Å². The van der Waals surface area contributed by atoms with E-state index in [4.69, 9.17) is 4.74 Å². The van der Waals surface area contributed by atoms with E-state index in [1.54, 1.807) is 4.68 Å². The van der Waals surface area contributed by atoms with E-state index < -0.39 is 0 Å². The molecule has 1 N–H and O–H groups in total. The Morgan fingerprint density at radius 1 is 1.30 bits per heavy atom. The van der Waals surface area contributed by atoms with E-state index in [-0.39, 0.29) is 6.61 Å². The van der Waals surface area contributed by atoms with Crippen LogP contribution in [0, 0.1) is 6.92 Å². The number of aliphatic hydroxyl groups is 1. The van der Waals surface area contributed by atoms with Crippen LogP contribution in [-0.4, -0.2) is 46.2 Å². The van der Waals surface area contributed by atoms with Gasteiger partial charge in [0, 0.05) is 31.0 Å². The predicted octanol–water partition coefficient (Wildman–Crippen LogP) is 0.905. The first-order valence-electron chi connectivity index (χ1n) is 6.73. The van der Waals surface area contributed by atoms with Gasteiger partial charge in [-0.1, -0.05) is 0 Å². The quantitative estimate of drug-likeness (QED) is 0.901. The van der Waals surface area contributed by atoms with Crippen molar-refractivity contribution in [2.24, 2.45) is 0 Å². The fraction of sp³-hybridized carbons (Fsp3) is 0.429. The number of aryl methyl sites for hydroxylation is 1.